The Bertz CT molecular complexity index is 750. The largest absolute Gasteiger partial charge is 0.493 e. The van der Waals surface area contributed by atoms with Crippen LogP contribution < -0.4 is 14.8 Å². The zero-order valence-electron chi connectivity index (χ0n) is 15.1. The minimum atomic E-state index is -0.310. The number of aromatic nitrogens is 1. The number of anilines is 1. The second kappa shape index (κ2) is 7.91. The van der Waals surface area contributed by atoms with Gasteiger partial charge >= 0.3 is 0 Å². The molecule has 0 radical (unpaired) electrons. The Kier molecular flexibility index (Phi) is 6.11. The van der Waals surface area contributed by atoms with E-state index in [0.29, 0.717) is 39.7 Å². The Balaban J connectivity index is 2.21. The third kappa shape index (κ3) is 4.75. The number of nitrogens with one attached hydrogen (secondary N) is 1. The van der Waals surface area contributed by atoms with E-state index in [1.54, 1.807) is 18.2 Å². The maximum atomic E-state index is 12.5. The number of carbonyl (C=O) groups excluding carboxylic acids is 1. The summed E-state index contributed by atoms with van der Waals surface area (Å²) >= 11 is 3.43. The molecule has 1 aromatic carbocycles. The molecule has 0 saturated heterocycles. The minimum absolute atomic E-state index is 0.180. The molecule has 0 unspecified atom stereocenters. The molecule has 0 saturated carbocycles. The van der Waals surface area contributed by atoms with Crippen LogP contribution in [0, 0.1) is 0 Å². The number of amides is 1. The van der Waals surface area contributed by atoms with Gasteiger partial charge in [0.15, 0.2) is 17.3 Å². The Morgan fingerprint density at radius 2 is 2.04 bits per heavy atom. The summed E-state index contributed by atoms with van der Waals surface area (Å²) in [5.41, 5.74) is 0.244. The molecule has 0 aliphatic rings. The van der Waals surface area contributed by atoms with E-state index in [2.05, 4.69) is 26.4 Å². The lowest BCUT2D eigenvalue weighted by Crippen LogP contribution is -2.13. The van der Waals surface area contributed by atoms with Gasteiger partial charge in [0, 0.05) is 17.0 Å². The van der Waals surface area contributed by atoms with Crippen LogP contribution in [0.5, 0.6) is 11.5 Å². The summed E-state index contributed by atoms with van der Waals surface area (Å²) in [5, 5.41) is 6.63. The van der Waals surface area contributed by atoms with Crippen molar-refractivity contribution in [3.63, 3.8) is 0 Å². The van der Waals surface area contributed by atoms with Crippen LogP contribution in [0.15, 0.2) is 27.2 Å². The van der Waals surface area contributed by atoms with Crippen LogP contribution in [0.4, 0.5) is 5.82 Å². The summed E-state index contributed by atoms with van der Waals surface area (Å²) in [5.74, 6) is 1.83. The topological polar surface area (TPSA) is 73.6 Å². The first kappa shape index (κ1) is 19.3. The quantitative estimate of drug-likeness (QED) is 0.740. The van der Waals surface area contributed by atoms with Crippen molar-refractivity contribution in [2.45, 2.75) is 39.5 Å². The van der Waals surface area contributed by atoms with Crippen molar-refractivity contribution >= 4 is 27.7 Å². The van der Waals surface area contributed by atoms with Crippen molar-refractivity contribution < 1.29 is 18.8 Å². The van der Waals surface area contributed by atoms with Crippen molar-refractivity contribution in [2.75, 3.05) is 19.0 Å². The fraction of sp³-hybridized carbons (Fsp3) is 0.444. The van der Waals surface area contributed by atoms with E-state index >= 15 is 0 Å². The summed E-state index contributed by atoms with van der Waals surface area (Å²) < 4.78 is 16.9. The van der Waals surface area contributed by atoms with Gasteiger partial charge in [-0.3, -0.25) is 4.79 Å². The molecule has 1 amide bonds. The standard InChI is InChI=1S/C18H23BrN2O4/c1-6-7-24-16-12(19)8-11(9-13(16)23-5)17(22)20-15-10-14(25-21-15)18(2,3)4/h8-10H,6-7H2,1-5H3,(H,20,21,22). The maximum Gasteiger partial charge on any atom is 0.257 e. The molecule has 0 atom stereocenters. The first-order valence-corrected chi connectivity index (χ1v) is 8.84. The summed E-state index contributed by atoms with van der Waals surface area (Å²) in [7, 11) is 1.54. The van der Waals surface area contributed by atoms with Gasteiger partial charge in [0.2, 0.25) is 0 Å². The van der Waals surface area contributed by atoms with E-state index < -0.39 is 0 Å². The van der Waals surface area contributed by atoms with Crippen LogP contribution in [-0.4, -0.2) is 24.8 Å². The number of carbonyl (C=O) groups is 1. The molecule has 0 spiro atoms. The second-order valence-corrected chi connectivity index (χ2v) is 7.47. The van der Waals surface area contributed by atoms with Gasteiger partial charge in [0.1, 0.15) is 5.76 Å². The highest BCUT2D eigenvalue weighted by Crippen LogP contribution is 2.37. The molecule has 136 valence electrons. The molecule has 2 aromatic rings. The Hall–Kier alpha value is -2.02. The van der Waals surface area contributed by atoms with Gasteiger partial charge in [0.05, 0.1) is 18.2 Å². The molecular weight excluding hydrogens is 388 g/mol. The minimum Gasteiger partial charge on any atom is -0.493 e. The average Bonchev–Trinajstić information content (AvgIpc) is 3.01. The summed E-state index contributed by atoms with van der Waals surface area (Å²) in [6.45, 7) is 8.61. The van der Waals surface area contributed by atoms with Gasteiger partial charge in [-0.2, -0.15) is 0 Å². The Labute approximate surface area is 156 Å². The first-order chi connectivity index (χ1) is 11.8. The molecular formula is C18H23BrN2O4. The number of rotatable bonds is 6. The van der Waals surface area contributed by atoms with Crippen molar-refractivity contribution in [2.24, 2.45) is 0 Å². The molecule has 0 bridgehead atoms. The number of methoxy groups -OCH3 is 1. The molecule has 7 heteroatoms. The van der Waals surface area contributed by atoms with Crippen LogP contribution >= 0.6 is 15.9 Å². The molecule has 1 heterocycles. The number of benzene rings is 1. The molecule has 0 aliphatic carbocycles. The molecule has 25 heavy (non-hydrogen) atoms. The second-order valence-electron chi connectivity index (χ2n) is 6.62. The van der Waals surface area contributed by atoms with Gasteiger partial charge in [-0.05, 0) is 34.5 Å². The van der Waals surface area contributed by atoms with E-state index in [1.807, 2.05) is 27.7 Å². The number of halogens is 1. The van der Waals surface area contributed by atoms with Crippen LogP contribution in [-0.2, 0) is 5.41 Å². The smallest absolute Gasteiger partial charge is 0.257 e. The van der Waals surface area contributed by atoms with Crippen LogP contribution in [0.1, 0.15) is 50.2 Å². The lowest BCUT2D eigenvalue weighted by atomic mass is 9.93. The van der Waals surface area contributed by atoms with E-state index in [-0.39, 0.29) is 11.3 Å². The molecule has 0 fully saturated rings. The molecule has 6 nitrogen and oxygen atoms in total. The lowest BCUT2D eigenvalue weighted by Gasteiger charge is -2.13. The van der Waals surface area contributed by atoms with E-state index in [1.165, 1.54) is 7.11 Å². The predicted molar refractivity (Wildman–Crippen MR) is 99.6 cm³/mol. The zero-order chi connectivity index (χ0) is 18.6. The van der Waals surface area contributed by atoms with E-state index in [9.17, 15) is 4.79 Å². The summed E-state index contributed by atoms with van der Waals surface area (Å²) in [6.07, 6.45) is 0.875. The third-order valence-electron chi connectivity index (χ3n) is 3.43. The van der Waals surface area contributed by atoms with Crippen LogP contribution in [0.25, 0.3) is 0 Å². The molecule has 1 aromatic heterocycles. The predicted octanol–water partition coefficient (Wildman–Crippen LogP) is 4.78. The van der Waals surface area contributed by atoms with E-state index in [4.69, 9.17) is 14.0 Å². The van der Waals surface area contributed by atoms with Gasteiger partial charge in [-0.25, -0.2) is 0 Å². The SMILES string of the molecule is CCCOc1c(Br)cc(C(=O)Nc2cc(C(C)(C)C)on2)cc1OC. The number of hydrogen-bond donors (Lipinski definition) is 1. The Morgan fingerprint density at radius 3 is 2.60 bits per heavy atom. The van der Waals surface area contributed by atoms with Gasteiger partial charge in [-0.1, -0.05) is 32.9 Å². The normalized spacial score (nSPS) is 11.3. The highest BCUT2D eigenvalue weighted by Gasteiger charge is 2.21. The third-order valence-corrected chi connectivity index (χ3v) is 4.02. The zero-order valence-corrected chi connectivity index (χ0v) is 16.7. The highest BCUT2D eigenvalue weighted by molar-refractivity contribution is 9.10. The monoisotopic (exact) mass is 410 g/mol. The van der Waals surface area contributed by atoms with Gasteiger partial charge in [-0.15, -0.1) is 0 Å². The molecule has 1 N–H and O–H groups in total. The molecule has 0 aliphatic heterocycles. The average molecular weight is 411 g/mol. The fourth-order valence-electron chi connectivity index (χ4n) is 2.07. The van der Waals surface area contributed by atoms with Gasteiger partial charge < -0.3 is 19.3 Å². The first-order valence-electron chi connectivity index (χ1n) is 8.05. The summed E-state index contributed by atoms with van der Waals surface area (Å²) in [6, 6.07) is 5.05. The van der Waals surface area contributed by atoms with Gasteiger partial charge in [0.25, 0.3) is 5.91 Å². The van der Waals surface area contributed by atoms with Crippen molar-refractivity contribution in [1.29, 1.82) is 0 Å². The maximum absolute atomic E-state index is 12.5. The Morgan fingerprint density at radius 1 is 1.32 bits per heavy atom. The summed E-state index contributed by atoms with van der Waals surface area (Å²) in [4.78, 5) is 12.5. The van der Waals surface area contributed by atoms with E-state index in [0.717, 1.165) is 6.42 Å². The number of ether oxygens (including phenoxy) is 2. The lowest BCUT2D eigenvalue weighted by molar-refractivity contribution is 0.102. The molecule has 2 rings (SSSR count). The van der Waals surface area contributed by atoms with Crippen LogP contribution in [0.3, 0.4) is 0 Å². The van der Waals surface area contributed by atoms with Crippen molar-refractivity contribution in [3.8, 4) is 11.5 Å². The highest BCUT2D eigenvalue weighted by atomic mass is 79.9. The van der Waals surface area contributed by atoms with Crippen molar-refractivity contribution in [3.05, 3.63) is 34.0 Å². The fourth-order valence-corrected chi connectivity index (χ4v) is 2.63. The number of nitrogens with zero attached hydrogens (tertiary/aromatic N) is 1. The van der Waals surface area contributed by atoms with Crippen LogP contribution in [0.2, 0.25) is 0 Å². The number of hydrogen-bond acceptors (Lipinski definition) is 5. The van der Waals surface area contributed by atoms with Crippen molar-refractivity contribution in [1.82, 2.24) is 5.16 Å².